The third kappa shape index (κ3) is 1.62. The Morgan fingerprint density at radius 1 is 1.73 bits per heavy atom. The molecule has 0 unspecified atom stereocenters. The third-order valence-electron chi connectivity index (χ3n) is 1.35. The van der Waals surface area contributed by atoms with Crippen molar-refractivity contribution in [2.24, 2.45) is 0 Å². The number of nitriles is 1. The first-order valence-electron chi connectivity index (χ1n) is 3.20. The van der Waals surface area contributed by atoms with Gasteiger partial charge in [0.1, 0.15) is 6.07 Å². The summed E-state index contributed by atoms with van der Waals surface area (Å²) in [6, 6.07) is 3.77. The molecule has 1 rings (SSSR count). The molecule has 0 bridgehead atoms. The molecule has 0 radical (unpaired) electrons. The van der Waals surface area contributed by atoms with Crippen LogP contribution >= 0.6 is 0 Å². The summed E-state index contributed by atoms with van der Waals surface area (Å²) < 4.78 is 0. The predicted molar refractivity (Wildman–Crippen MR) is 41.4 cm³/mol. The maximum Gasteiger partial charge on any atom is 0.101 e. The molecule has 0 spiro atoms. The fraction of sp³-hybridized carbons (Fsp3) is 0.125. The van der Waals surface area contributed by atoms with Crippen molar-refractivity contribution in [3.63, 3.8) is 0 Å². The van der Waals surface area contributed by atoms with Crippen LogP contribution in [0.2, 0.25) is 0 Å². The van der Waals surface area contributed by atoms with Crippen LogP contribution in [0.5, 0.6) is 0 Å². The standard InChI is InChI=1S/C8H7N3/c9-3-1-7-2-4-11-6-8(7)5-10/h2-4,6,9H,1H2. The van der Waals surface area contributed by atoms with Crippen molar-refractivity contribution in [2.75, 3.05) is 0 Å². The quantitative estimate of drug-likeness (QED) is 0.634. The van der Waals surface area contributed by atoms with Gasteiger partial charge in [0.25, 0.3) is 0 Å². The largest absolute Gasteiger partial charge is 0.313 e. The summed E-state index contributed by atoms with van der Waals surface area (Å²) in [6.45, 7) is 0. The number of nitrogens with zero attached hydrogens (tertiary/aromatic N) is 2. The van der Waals surface area contributed by atoms with Gasteiger partial charge in [0, 0.05) is 18.8 Å². The van der Waals surface area contributed by atoms with Gasteiger partial charge in [0.15, 0.2) is 0 Å². The molecule has 0 atom stereocenters. The van der Waals surface area contributed by atoms with Crippen LogP contribution in [0.4, 0.5) is 0 Å². The summed E-state index contributed by atoms with van der Waals surface area (Å²) in [5.41, 5.74) is 1.41. The fourth-order valence-corrected chi connectivity index (χ4v) is 0.812. The average Bonchev–Trinajstić information content (AvgIpc) is 2.06. The van der Waals surface area contributed by atoms with E-state index >= 15 is 0 Å². The minimum atomic E-state index is 0.505. The van der Waals surface area contributed by atoms with Crippen molar-refractivity contribution in [1.82, 2.24) is 4.98 Å². The zero-order chi connectivity index (χ0) is 8.10. The third-order valence-corrected chi connectivity index (χ3v) is 1.35. The summed E-state index contributed by atoms with van der Waals surface area (Å²) in [7, 11) is 0. The normalized spacial score (nSPS) is 8.64. The molecule has 0 amide bonds. The first kappa shape index (κ1) is 7.42. The second-order valence-corrected chi connectivity index (χ2v) is 2.05. The summed E-state index contributed by atoms with van der Waals surface area (Å²) in [5.74, 6) is 0. The van der Waals surface area contributed by atoms with Gasteiger partial charge in [-0.3, -0.25) is 4.98 Å². The van der Waals surface area contributed by atoms with Gasteiger partial charge in [-0.1, -0.05) is 0 Å². The van der Waals surface area contributed by atoms with Crippen molar-refractivity contribution >= 4 is 6.21 Å². The molecule has 11 heavy (non-hydrogen) atoms. The van der Waals surface area contributed by atoms with Crippen LogP contribution in [-0.2, 0) is 6.42 Å². The fourth-order valence-electron chi connectivity index (χ4n) is 0.812. The SMILES string of the molecule is N#Cc1cnccc1CC=N. The zero-order valence-electron chi connectivity index (χ0n) is 5.91. The van der Waals surface area contributed by atoms with Gasteiger partial charge in [-0.15, -0.1) is 0 Å². The maximum atomic E-state index is 8.58. The predicted octanol–water partition coefficient (Wildman–Crippen LogP) is 1.15. The number of hydrogen-bond acceptors (Lipinski definition) is 3. The number of nitrogens with one attached hydrogen (secondary N) is 1. The van der Waals surface area contributed by atoms with E-state index in [2.05, 4.69) is 4.98 Å². The molecule has 0 aliphatic heterocycles. The van der Waals surface area contributed by atoms with Crippen molar-refractivity contribution in [3.8, 4) is 6.07 Å². The molecule has 3 nitrogen and oxygen atoms in total. The topological polar surface area (TPSA) is 60.5 Å². The number of aromatic nitrogens is 1. The van der Waals surface area contributed by atoms with Gasteiger partial charge >= 0.3 is 0 Å². The Balaban J connectivity index is 3.04. The molecule has 0 aliphatic carbocycles. The zero-order valence-corrected chi connectivity index (χ0v) is 5.91. The average molecular weight is 145 g/mol. The minimum absolute atomic E-state index is 0.505. The Morgan fingerprint density at radius 2 is 2.55 bits per heavy atom. The monoisotopic (exact) mass is 145 g/mol. The Hall–Kier alpha value is -1.69. The van der Waals surface area contributed by atoms with Crippen molar-refractivity contribution in [1.29, 1.82) is 10.7 Å². The molecular weight excluding hydrogens is 138 g/mol. The van der Waals surface area contributed by atoms with Crippen molar-refractivity contribution in [3.05, 3.63) is 29.6 Å². The van der Waals surface area contributed by atoms with Gasteiger partial charge in [-0.25, -0.2) is 0 Å². The van der Waals surface area contributed by atoms with E-state index in [1.165, 1.54) is 12.4 Å². The first-order valence-corrected chi connectivity index (χ1v) is 3.20. The molecule has 3 heteroatoms. The summed E-state index contributed by atoms with van der Waals surface area (Å²) >= 11 is 0. The first-order chi connectivity index (χ1) is 5.38. The minimum Gasteiger partial charge on any atom is -0.313 e. The second kappa shape index (κ2) is 3.47. The molecule has 1 heterocycles. The molecule has 0 saturated carbocycles. The Kier molecular flexibility index (Phi) is 2.34. The van der Waals surface area contributed by atoms with Crippen LogP contribution in [0.1, 0.15) is 11.1 Å². The number of rotatable bonds is 2. The summed E-state index contributed by atoms with van der Waals surface area (Å²) in [6.07, 6.45) is 4.92. The van der Waals surface area contributed by atoms with E-state index in [-0.39, 0.29) is 0 Å². The van der Waals surface area contributed by atoms with Crippen LogP contribution in [0.25, 0.3) is 0 Å². The van der Waals surface area contributed by atoms with E-state index in [9.17, 15) is 0 Å². The molecule has 0 aromatic carbocycles. The molecule has 0 saturated heterocycles. The van der Waals surface area contributed by atoms with E-state index in [0.717, 1.165) is 5.56 Å². The van der Waals surface area contributed by atoms with Crippen LogP contribution in [-0.4, -0.2) is 11.2 Å². The van der Waals surface area contributed by atoms with Crippen molar-refractivity contribution in [2.45, 2.75) is 6.42 Å². The van der Waals surface area contributed by atoms with Crippen LogP contribution in [0, 0.1) is 16.7 Å². The second-order valence-electron chi connectivity index (χ2n) is 2.05. The summed E-state index contributed by atoms with van der Waals surface area (Å²) in [5, 5.41) is 15.4. The van der Waals surface area contributed by atoms with E-state index in [0.29, 0.717) is 12.0 Å². The molecule has 1 aromatic heterocycles. The Bertz CT molecular complexity index is 298. The lowest BCUT2D eigenvalue weighted by Gasteiger charge is -1.95. The van der Waals surface area contributed by atoms with E-state index in [4.69, 9.17) is 10.7 Å². The van der Waals surface area contributed by atoms with Crippen LogP contribution < -0.4 is 0 Å². The number of hydrogen-bond donors (Lipinski definition) is 1. The van der Waals surface area contributed by atoms with Gasteiger partial charge in [-0.2, -0.15) is 5.26 Å². The van der Waals surface area contributed by atoms with Crippen LogP contribution in [0.3, 0.4) is 0 Å². The van der Waals surface area contributed by atoms with Crippen LogP contribution in [0.15, 0.2) is 18.5 Å². The van der Waals surface area contributed by atoms with Crippen molar-refractivity contribution < 1.29 is 0 Å². The lowest BCUT2D eigenvalue weighted by molar-refractivity contribution is 1.22. The highest BCUT2D eigenvalue weighted by Crippen LogP contribution is 2.04. The van der Waals surface area contributed by atoms with E-state index in [1.54, 1.807) is 12.3 Å². The van der Waals surface area contributed by atoms with Gasteiger partial charge in [0.2, 0.25) is 0 Å². The molecule has 54 valence electrons. The Morgan fingerprint density at radius 3 is 3.18 bits per heavy atom. The van der Waals surface area contributed by atoms with Gasteiger partial charge in [-0.05, 0) is 17.8 Å². The van der Waals surface area contributed by atoms with E-state index < -0.39 is 0 Å². The smallest absolute Gasteiger partial charge is 0.101 e. The molecule has 0 fully saturated rings. The Labute approximate surface area is 64.8 Å². The molecule has 1 N–H and O–H groups in total. The van der Waals surface area contributed by atoms with E-state index in [1.807, 2.05) is 6.07 Å². The highest BCUT2D eigenvalue weighted by Gasteiger charge is 1.97. The maximum absolute atomic E-state index is 8.58. The van der Waals surface area contributed by atoms with Gasteiger partial charge in [0.05, 0.1) is 5.56 Å². The number of pyridine rings is 1. The lowest BCUT2D eigenvalue weighted by atomic mass is 10.1. The summed E-state index contributed by atoms with van der Waals surface area (Å²) in [4.78, 5) is 3.80. The lowest BCUT2D eigenvalue weighted by Crippen LogP contribution is -1.90. The highest BCUT2D eigenvalue weighted by atomic mass is 14.6. The highest BCUT2D eigenvalue weighted by molar-refractivity contribution is 5.59. The molecular formula is C8H7N3. The molecule has 1 aromatic rings. The molecule has 0 aliphatic rings. The van der Waals surface area contributed by atoms with Gasteiger partial charge < -0.3 is 5.41 Å².